The lowest BCUT2D eigenvalue weighted by Gasteiger charge is -2.17. The van der Waals surface area contributed by atoms with E-state index in [1.807, 2.05) is 0 Å². The van der Waals surface area contributed by atoms with Gasteiger partial charge >= 0.3 is 5.97 Å². The lowest BCUT2D eigenvalue weighted by molar-refractivity contribution is -0.140. The Balaban J connectivity index is 1.83. The fraction of sp³-hybridized carbons (Fsp3) is 0.385. The normalized spacial score (nSPS) is 24.8. The Morgan fingerprint density at radius 2 is 2.11 bits per heavy atom. The molecule has 0 radical (unpaired) electrons. The van der Waals surface area contributed by atoms with Crippen molar-refractivity contribution in [2.45, 2.75) is 12.8 Å². The number of halogens is 1. The van der Waals surface area contributed by atoms with Crippen molar-refractivity contribution in [1.29, 1.82) is 0 Å². The molecule has 18 heavy (non-hydrogen) atoms. The van der Waals surface area contributed by atoms with E-state index in [0.717, 1.165) is 0 Å². The van der Waals surface area contributed by atoms with Gasteiger partial charge in [-0.2, -0.15) is 0 Å². The molecule has 1 aliphatic carbocycles. The molecule has 1 heterocycles. The predicted molar refractivity (Wildman–Crippen MR) is 61.7 cm³/mol. The highest BCUT2D eigenvalue weighted by Gasteiger charge is 2.50. The van der Waals surface area contributed by atoms with Crippen molar-refractivity contribution in [3.05, 3.63) is 29.6 Å². The number of benzene rings is 1. The number of hydrogen-bond donors (Lipinski definition) is 1. The van der Waals surface area contributed by atoms with E-state index in [1.165, 1.54) is 11.0 Å². The van der Waals surface area contributed by atoms with Crippen LogP contribution in [0.3, 0.4) is 0 Å². The van der Waals surface area contributed by atoms with E-state index in [-0.39, 0.29) is 11.7 Å². The molecule has 5 heteroatoms. The van der Waals surface area contributed by atoms with Crippen LogP contribution in [-0.4, -0.2) is 23.5 Å². The Kier molecular flexibility index (Phi) is 2.36. The number of carbonyl (C=O) groups excluding carboxylic acids is 1. The van der Waals surface area contributed by atoms with E-state index in [0.29, 0.717) is 30.6 Å². The fourth-order valence-electron chi connectivity index (χ4n) is 2.56. The molecule has 4 nitrogen and oxygen atoms in total. The summed E-state index contributed by atoms with van der Waals surface area (Å²) in [5.74, 6) is -2.40. The van der Waals surface area contributed by atoms with E-state index >= 15 is 0 Å². The number of carboxylic acids is 1. The summed E-state index contributed by atoms with van der Waals surface area (Å²) in [6.45, 7) is 0.442. The van der Waals surface area contributed by atoms with Gasteiger partial charge in [-0.15, -0.1) is 0 Å². The molecule has 94 valence electrons. The Morgan fingerprint density at radius 1 is 1.33 bits per heavy atom. The van der Waals surface area contributed by atoms with Gasteiger partial charge in [-0.05, 0) is 25.0 Å². The van der Waals surface area contributed by atoms with Gasteiger partial charge in [0.25, 0.3) is 0 Å². The highest BCUT2D eigenvalue weighted by molar-refractivity contribution is 6.01. The van der Waals surface area contributed by atoms with Gasteiger partial charge in [-0.25, -0.2) is 4.39 Å². The summed E-state index contributed by atoms with van der Waals surface area (Å²) in [7, 11) is 0. The first-order chi connectivity index (χ1) is 8.59. The minimum absolute atomic E-state index is 0.188. The number of rotatable bonds is 2. The lowest BCUT2D eigenvalue weighted by Crippen LogP contribution is -2.31. The van der Waals surface area contributed by atoms with Gasteiger partial charge in [-0.1, -0.05) is 6.07 Å². The Morgan fingerprint density at radius 3 is 2.78 bits per heavy atom. The van der Waals surface area contributed by atoms with Crippen LogP contribution in [0.4, 0.5) is 10.1 Å². The number of nitrogens with zero attached hydrogens (tertiary/aromatic N) is 1. The quantitative estimate of drug-likeness (QED) is 0.862. The maximum Gasteiger partial charge on any atom is 0.307 e. The molecule has 1 amide bonds. The lowest BCUT2D eigenvalue weighted by atomic mass is 10.1. The van der Waals surface area contributed by atoms with Gasteiger partial charge in [0.15, 0.2) is 0 Å². The number of hydrogen-bond acceptors (Lipinski definition) is 2. The first-order valence-electron chi connectivity index (χ1n) is 5.91. The molecule has 2 unspecified atom stereocenters. The summed E-state index contributed by atoms with van der Waals surface area (Å²) in [6, 6.07) is 4.66. The van der Waals surface area contributed by atoms with Crippen LogP contribution < -0.4 is 4.90 Å². The topological polar surface area (TPSA) is 57.6 Å². The van der Waals surface area contributed by atoms with Crippen LogP contribution in [0.5, 0.6) is 0 Å². The van der Waals surface area contributed by atoms with Crippen molar-refractivity contribution >= 4 is 17.6 Å². The van der Waals surface area contributed by atoms with Crippen molar-refractivity contribution in [1.82, 2.24) is 0 Å². The summed E-state index contributed by atoms with van der Waals surface area (Å²) in [5, 5.41) is 8.82. The van der Waals surface area contributed by atoms with E-state index in [1.54, 1.807) is 12.1 Å². The molecule has 1 N–H and O–H groups in total. The molecular weight excluding hydrogens is 237 g/mol. The molecule has 1 aromatic rings. The second-order valence-electron chi connectivity index (χ2n) is 4.76. The minimum Gasteiger partial charge on any atom is -0.481 e. The Labute approximate surface area is 103 Å². The predicted octanol–water partition coefficient (Wildman–Crippen LogP) is 1.44. The van der Waals surface area contributed by atoms with Gasteiger partial charge in [0.2, 0.25) is 5.91 Å². The van der Waals surface area contributed by atoms with Gasteiger partial charge in [0, 0.05) is 17.8 Å². The third-order valence-corrected chi connectivity index (χ3v) is 3.66. The summed E-state index contributed by atoms with van der Waals surface area (Å²) in [6.07, 6.45) is 0.896. The van der Waals surface area contributed by atoms with Crippen LogP contribution in [0.15, 0.2) is 18.2 Å². The zero-order valence-electron chi connectivity index (χ0n) is 9.60. The van der Waals surface area contributed by atoms with Gasteiger partial charge in [0.1, 0.15) is 5.82 Å². The average Bonchev–Trinajstić information content (AvgIpc) is 3.02. The van der Waals surface area contributed by atoms with Crippen LogP contribution >= 0.6 is 0 Å². The molecule has 2 aliphatic rings. The summed E-state index contributed by atoms with van der Waals surface area (Å²) in [4.78, 5) is 24.4. The minimum atomic E-state index is -0.924. The van der Waals surface area contributed by atoms with Crippen LogP contribution in [0.1, 0.15) is 12.0 Å². The molecule has 1 aromatic carbocycles. The second-order valence-corrected chi connectivity index (χ2v) is 4.76. The summed E-state index contributed by atoms with van der Waals surface area (Å²) < 4.78 is 13.5. The van der Waals surface area contributed by atoms with Crippen molar-refractivity contribution in [2.75, 3.05) is 11.4 Å². The maximum absolute atomic E-state index is 13.5. The molecule has 1 fully saturated rings. The fourth-order valence-corrected chi connectivity index (χ4v) is 2.56. The highest BCUT2D eigenvalue weighted by Crippen LogP contribution is 2.42. The SMILES string of the molecule is O=C(O)C1CC1C(=O)N1CCc2c(F)cccc21. The molecule has 0 saturated heterocycles. The third kappa shape index (κ3) is 1.58. The Hall–Kier alpha value is -1.91. The molecule has 0 spiro atoms. The summed E-state index contributed by atoms with van der Waals surface area (Å²) >= 11 is 0. The van der Waals surface area contributed by atoms with Crippen molar-refractivity contribution in [2.24, 2.45) is 11.8 Å². The third-order valence-electron chi connectivity index (χ3n) is 3.66. The van der Waals surface area contributed by atoms with E-state index < -0.39 is 17.8 Å². The first-order valence-corrected chi connectivity index (χ1v) is 5.91. The van der Waals surface area contributed by atoms with Gasteiger partial charge in [-0.3, -0.25) is 9.59 Å². The summed E-state index contributed by atoms with van der Waals surface area (Å²) in [5.41, 5.74) is 1.15. The molecular formula is C13H12FNO3. The number of carbonyl (C=O) groups is 2. The van der Waals surface area contributed by atoms with Crippen molar-refractivity contribution in [3.63, 3.8) is 0 Å². The molecule has 0 aromatic heterocycles. The monoisotopic (exact) mass is 249 g/mol. The van der Waals surface area contributed by atoms with Crippen LogP contribution in [0.25, 0.3) is 0 Å². The van der Waals surface area contributed by atoms with Crippen molar-refractivity contribution < 1.29 is 19.1 Å². The van der Waals surface area contributed by atoms with E-state index in [4.69, 9.17) is 5.11 Å². The van der Waals surface area contributed by atoms with Crippen LogP contribution in [-0.2, 0) is 16.0 Å². The van der Waals surface area contributed by atoms with E-state index in [9.17, 15) is 14.0 Å². The zero-order chi connectivity index (χ0) is 12.9. The molecule has 3 rings (SSSR count). The number of aliphatic carboxylic acids is 1. The number of anilines is 1. The standard InChI is InChI=1S/C13H12FNO3/c14-10-2-1-3-11-7(10)4-5-15(11)12(16)8-6-9(8)13(17)18/h1-3,8-9H,4-6H2,(H,17,18). The largest absolute Gasteiger partial charge is 0.481 e. The molecule has 0 bridgehead atoms. The average molecular weight is 249 g/mol. The maximum atomic E-state index is 13.5. The van der Waals surface area contributed by atoms with Crippen LogP contribution in [0.2, 0.25) is 0 Å². The number of carboxylic acid groups (broad SMARTS) is 1. The van der Waals surface area contributed by atoms with Crippen LogP contribution in [0, 0.1) is 17.7 Å². The Bertz CT molecular complexity index is 543. The van der Waals surface area contributed by atoms with Gasteiger partial charge in [0.05, 0.1) is 11.8 Å². The van der Waals surface area contributed by atoms with Crippen molar-refractivity contribution in [3.8, 4) is 0 Å². The van der Waals surface area contributed by atoms with Gasteiger partial charge < -0.3 is 10.0 Å². The second kappa shape index (κ2) is 3.80. The molecule has 2 atom stereocenters. The van der Waals surface area contributed by atoms with E-state index in [2.05, 4.69) is 0 Å². The first kappa shape index (κ1) is 11.2. The highest BCUT2D eigenvalue weighted by atomic mass is 19.1. The zero-order valence-corrected chi connectivity index (χ0v) is 9.60. The number of fused-ring (bicyclic) bond motifs is 1. The molecule has 1 aliphatic heterocycles. The smallest absolute Gasteiger partial charge is 0.307 e. The molecule has 1 saturated carbocycles. The number of amides is 1.